The average Bonchev–Trinajstić information content (AvgIpc) is 3.53. The molecule has 0 aromatic carbocycles. The smallest absolute Gasteiger partial charge is 0.245 e. The van der Waals surface area contributed by atoms with Gasteiger partial charge in [-0.25, -0.2) is 9.97 Å². The molecule has 0 saturated carbocycles. The summed E-state index contributed by atoms with van der Waals surface area (Å²) < 4.78 is 0. The number of piperidine rings is 1. The second-order valence-electron chi connectivity index (χ2n) is 9.24. The lowest BCUT2D eigenvalue weighted by molar-refractivity contribution is -0.133. The number of carbonyl (C=O) groups excluding carboxylic acids is 1. The van der Waals surface area contributed by atoms with Crippen LogP contribution in [0.5, 0.6) is 0 Å². The fraction of sp³-hybridized carbons (Fsp3) is 0.652. The zero-order valence-corrected chi connectivity index (χ0v) is 19.4. The highest BCUT2D eigenvalue weighted by Gasteiger charge is 2.36. The Morgan fingerprint density at radius 2 is 1.94 bits per heavy atom. The Bertz CT molecular complexity index is 952. The van der Waals surface area contributed by atoms with E-state index in [1.54, 1.807) is 11.3 Å². The molecule has 1 aliphatic carbocycles. The summed E-state index contributed by atoms with van der Waals surface area (Å²) in [5.74, 6) is 2.30. The van der Waals surface area contributed by atoms with Crippen molar-refractivity contribution < 1.29 is 4.79 Å². The minimum Gasteiger partial charge on any atom is -0.341 e. The van der Waals surface area contributed by atoms with Gasteiger partial charge in [0.2, 0.25) is 11.9 Å². The van der Waals surface area contributed by atoms with E-state index in [1.165, 1.54) is 16.9 Å². The van der Waals surface area contributed by atoms with Crippen molar-refractivity contribution in [2.75, 3.05) is 29.9 Å². The van der Waals surface area contributed by atoms with Gasteiger partial charge >= 0.3 is 0 Å². The van der Waals surface area contributed by atoms with Gasteiger partial charge in [-0.15, -0.1) is 11.3 Å². The number of hydrogen-bond acceptors (Lipinski definition) is 7. The highest BCUT2D eigenvalue weighted by molar-refractivity contribution is 7.15. The largest absolute Gasteiger partial charge is 0.341 e. The first-order valence-corrected chi connectivity index (χ1v) is 12.6. The first-order chi connectivity index (χ1) is 15.1. The number of likely N-dealkylation sites (tertiary alicyclic amines) is 1. The van der Waals surface area contributed by atoms with E-state index in [1.807, 2.05) is 6.20 Å². The molecule has 1 atom stereocenters. The minimum absolute atomic E-state index is 0.127. The van der Waals surface area contributed by atoms with Crippen molar-refractivity contribution in [1.82, 2.24) is 19.9 Å². The van der Waals surface area contributed by atoms with Crippen molar-refractivity contribution in [2.45, 2.75) is 77.2 Å². The van der Waals surface area contributed by atoms with Crippen LogP contribution in [0.2, 0.25) is 0 Å². The van der Waals surface area contributed by atoms with Gasteiger partial charge in [-0.1, -0.05) is 13.8 Å². The van der Waals surface area contributed by atoms with E-state index in [4.69, 9.17) is 9.97 Å². The molecular formula is C23H32N6OS. The maximum atomic E-state index is 13.3. The minimum atomic E-state index is -0.127. The molecular weight excluding hydrogens is 408 g/mol. The van der Waals surface area contributed by atoms with Crippen LogP contribution in [0.4, 0.5) is 16.9 Å². The number of nitrogens with one attached hydrogen (secondary N) is 1. The molecule has 31 heavy (non-hydrogen) atoms. The van der Waals surface area contributed by atoms with Crippen LogP contribution in [0.15, 0.2) is 6.20 Å². The molecule has 2 aromatic heterocycles. The summed E-state index contributed by atoms with van der Waals surface area (Å²) in [5.41, 5.74) is 2.34. The molecule has 1 N–H and O–H groups in total. The quantitative estimate of drug-likeness (QED) is 0.748. The molecule has 3 aliphatic rings. The number of aromatic nitrogens is 3. The Morgan fingerprint density at radius 1 is 1.10 bits per heavy atom. The number of aryl methyl sites for hydroxylation is 1. The predicted molar refractivity (Wildman–Crippen MR) is 124 cm³/mol. The predicted octanol–water partition coefficient (Wildman–Crippen LogP) is 4.27. The van der Waals surface area contributed by atoms with Crippen LogP contribution in [-0.4, -0.2) is 51.4 Å². The Hall–Kier alpha value is -2.22. The van der Waals surface area contributed by atoms with Gasteiger partial charge in [0.25, 0.3) is 0 Å². The molecule has 0 radical (unpaired) electrons. The molecule has 4 heterocycles. The van der Waals surface area contributed by atoms with Crippen molar-refractivity contribution >= 4 is 34.1 Å². The molecule has 0 bridgehead atoms. The molecule has 8 heteroatoms. The van der Waals surface area contributed by atoms with Gasteiger partial charge in [0, 0.05) is 36.3 Å². The summed E-state index contributed by atoms with van der Waals surface area (Å²) in [6.45, 7) is 7.00. The lowest BCUT2D eigenvalue weighted by Crippen LogP contribution is -2.48. The molecule has 2 fully saturated rings. The SMILES string of the molecule is CC(C)c1cnc(Nc2nc(N3CCCC3C(=O)N3CCCCC3)nc3c2CCC3)s1. The van der Waals surface area contributed by atoms with E-state index < -0.39 is 0 Å². The lowest BCUT2D eigenvalue weighted by Gasteiger charge is -2.32. The summed E-state index contributed by atoms with van der Waals surface area (Å²) >= 11 is 1.69. The van der Waals surface area contributed by atoms with Gasteiger partial charge < -0.3 is 15.1 Å². The van der Waals surface area contributed by atoms with Crippen LogP contribution >= 0.6 is 11.3 Å². The third-order valence-electron chi connectivity index (χ3n) is 6.70. The second-order valence-corrected chi connectivity index (χ2v) is 10.3. The number of rotatable bonds is 5. The number of carbonyl (C=O) groups is 1. The molecule has 7 nitrogen and oxygen atoms in total. The van der Waals surface area contributed by atoms with Crippen molar-refractivity contribution in [3.63, 3.8) is 0 Å². The Kier molecular flexibility index (Phi) is 5.82. The van der Waals surface area contributed by atoms with E-state index in [-0.39, 0.29) is 11.9 Å². The zero-order valence-electron chi connectivity index (χ0n) is 18.6. The molecule has 0 spiro atoms. The van der Waals surface area contributed by atoms with Crippen LogP contribution in [0.25, 0.3) is 0 Å². The highest BCUT2D eigenvalue weighted by atomic mass is 32.1. The van der Waals surface area contributed by atoms with Gasteiger partial charge in [-0.05, 0) is 57.3 Å². The summed E-state index contributed by atoms with van der Waals surface area (Å²) in [6, 6.07) is -0.127. The molecule has 5 rings (SSSR count). The van der Waals surface area contributed by atoms with Crippen molar-refractivity contribution in [3.8, 4) is 0 Å². The molecule has 2 aliphatic heterocycles. The van der Waals surface area contributed by atoms with Crippen molar-refractivity contribution in [3.05, 3.63) is 22.3 Å². The topological polar surface area (TPSA) is 74.2 Å². The number of nitrogens with zero attached hydrogens (tertiary/aromatic N) is 5. The van der Waals surface area contributed by atoms with Crippen LogP contribution in [-0.2, 0) is 17.6 Å². The fourth-order valence-corrected chi connectivity index (χ4v) is 5.77. The standard InChI is InChI=1S/C23H32N6OS/c1-15(2)19-14-24-23(31-19)27-20-16-8-6-9-17(16)25-22(26-20)29-13-7-10-18(29)21(30)28-11-4-3-5-12-28/h14-15,18H,3-13H2,1-2H3,(H,24,25,26,27). The first-order valence-electron chi connectivity index (χ1n) is 11.8. The van der Waals surface area contributed by atoms with E-state index >= 15 is 0 Å². The third-order valence-corrected chi connectivity index (χ3v) is 7.92. The Morgan fingerprint density at radius 3 is 2.71 bits per heavy atom. The van der Waals surface area contributed by atoms with Crippen LogP contribution in [0.3, 0.4) is 0 Å². The highest BCUT2D eigenvalue weighted by Crippen LogP contribution is 2.34. The van der Waals surface area contributed by atoms with E-state index in [2.05, 4.69) is 33.9 Å². The second kappa shape index (κ2) is 8.73. The van der Waals surface area contributed by atoms with Crippen molar-refractivity contribution in [1.29, 1.82) is 0 Å². The first kappa shape index (κ1) is 20.7. The monoisotopic (exact) mass is 440 g/mol. The average molecular weight is 441 g/mol. The molecule has 1 unspecified atom stereocenters. The van der Waals surface area contributed by atoms with Crippen LogP contribution in [0, 0.1) is 0 Å². The summed E-state index contributed by atoms with van der Waals surface area (Å²) in [6.07, 6.45) is 10.4. The number of amides is 1. The van der Waals surface area contributed by atoms with Crippen LogP contribution in [0.1, 0.15) is 74.4 Å². The van der Waals surface area contributed by atoms with E-state index in [0.717, 1.165) is 81.2 Å². The summed E-state index contributed by atoms with van der Waals surface area (Å²) in [5, 5.41) is 4.36. The molecule has 166 valence electrons. The number of thiazole rings is 1. The molecule has 2 aromatic rings. The molecule has 1 amide bonds. The van der Waals surface area contributed by atoms with Gasteiger partial charge in [0.15, 0.2) is 5.13 Å². The fourth-order valence-electron chi connectivity index (χ4n) is 4.95. The van der Waals surface area contributed by atoms with E-state index in [9.17, 15) is 4.79 Å². The Labute approximate surface area is 188 Å². The maximum Gasteiger partial charge on any atom is 0.245 e. The molecule has 2 saturated heterocycles. The van der Waals surface area contributed by atoms with Gasteiger partial charge in [-0.3, -0.25) is 4.79 Å². The van der Waals surface area contributed by atoms with Gasteiger partial charge in [-0.2, -0.15) is 4.98 Å². The lowest BCUT2D eigenvalue weighted by atomic mass is 10.1. The number of anilines is 3. The van der Waals surface area contributed by atoms with Crippen molar-refractivity contribution in [2.24, 2.45) is 0 Å². The van der Waals surface area contributed by atoms with Crippen LogP contribution < -0.4 is 10.2 Å². The normalized spacial score (nSPS) is 21.1. The van der Waals surface area contributed by atoms with Gasteiger partial charge in [0.1, 0.15) is 11.9 Å². The summed E-state index contributed by atoms with van der Waals surface area (Å²) in [7, 11) is 0. The zero-order chi connectivity index (χ0) is 21.4. The number of fused-ring (bicyclic) bond motifs is 1. The Balaban J connectivity index is 1.42. The van der Waals surface area contributed by atoms with Gasteiger partial charge in [0.05, 0.1) is 5.69 Å². The number of hydrogen-bond donors (Lipinski definition) is 1. The summed E-state index contributed by atoms with van der Waals surface area (Å²) in [4.78, 5) is 33.2. The van der Waals surface area contributed by atoms with E-state index in [0.29, 0.717) is 11.9 Å². The maximum absolute atomic E-state index is 13.3. The third kappa shape index (κ3) is 4.14.